The number of nitrogens with two attached hydrogens (primary N) is 1. The van der Waals surface area contributed by atoms with E-state index in [1.807, 2.05) is 12.1 Å². The normalized spacial score (nSPS) is 14.9. The van der Waals surface area contributed by atoms with Crippen molar-refractivity contribution in [1.29, 1.82) is 0 Å². The molecule has 0 bridgehead atoms. The molecule has 21 heavy (non-hydrogen) atoms. The van der Waals surface area contributed by atoms with Crippen LogP contribution in [0.25, 0.3) is 11.0 Å². The van der Waals surface area contributed by atoms with Gasteiger partial charge in [-0.25, -0.2) is 4.98 Å². The van der Waals surface area contributed by atoms with Gasteiger partial charge in [-0.15, -0.1) is 0 Å². The van der Waals surface area contributed by atoms with Crippen molar-refractivity contribution in [2.24, 2.45) is 0 Å². The summed E-state index contributed by atoms with van der Waals surface area (Å²) in [6.45, 7) is 3.38. The van der Waals surface area contributed by atoms with E-state index in [-0.39, 0.29) is 0 Å². The largest absolute Gasteiger partial charge is 0.399 e. The second-order valence-corrected chi connectivity index (χ2v) is 6.41. The maximum atomic E-state index is 5.89. The molecule has 1 fully saturated rings. The van der Waals surface area contributed by atoms with Crippen molar-refractivity contribution in [3.05, 3.63) is 24.0 Å². The summed E-state index contributed by atoms with van der Waals surface area (Å²) >= 11 is 0. The molecule has 0 unspecified atom stereocenters. The van der Waals surface area contributed by atoms with Crippen LogP contribution in [0.2, 0.25) is 0 Å². The van der Waals surface area contributed by atoms with Gasteiger partial charge in [0, 0.05) is 18.2 Å². The molecule has 0 spiro atoms. The second-order valence-electron chi connectivity index (χ2n) is 6.41. The van der Waals surface area contributed by atoms with Gasteiger partial charge in [0.05, 0.1) is 11.0 Å². The average Bonchev–Trinajstić information content (AvgIpc) is 3.25. The summed E-state index contributed by atoms with van der Waals surface area (Å²) in [5, 5.41) is 0. The maximum Gasteiger partial charge on any atom is 0.112 e. The molecule has 3 nitrogen and oxygen atoms in total. The molecular weight excluding hydrogens is 258 g/mol. The Morgan fingerprint density at radius 2 is 1.90 bits per heavy atom. The summed E-state index contributed by atoms with van der Waals surface area (Å²) in [7, 11) is 0. The van der Waals surface area contributed by atoms with Gasteiger partial charge in [-0.3, -0.25) is 0 Å². The lowest BCUT2D eigenvalue weighted by Gasteiger charge is -2.08. The molecule has 1 aliphatic carbocycles. The molecule has 2 N–H and O–H groups in total. The number of hydrogen-bond acceptors (Lipinski definition) is 2. The van der Waals surface area contributed by atoms with Crippen LogP contribution in [0.5, 0.6) is 0 Å². The summed E-state index contributed by atoms with van der Waals surface area (Å²) in [4.78, 5) is 4.85. The van der Waals surface area contributed by atoms with Crippen molar-refractivity contribution >= 4 is 16.7 Å². The van der Waals surface area contributed by atoms with Crippen molar-refractivity contribution in [3.63, 3.8) is 0 Å². The Balaban J connectivity index is 1.69. The molecule has 1 saturated carbocycles. The number of aryl methyl sites for hydroxylation is 1. The zero-order valence-corrected chi connectivity index (χ0v) is 13.1. The van der Waals surface area contributed by atoms with Crippen LogP contribution < -0.4 is 5.73 Å². The number of fused-ring (bicyclic) bond motifs is 1. The number of nitrogens with zero attached hydrogens (tertiary/aromatic N) is 2. The van der Waals surface area contributed by atoms with Crippen molar-refractivity contribution in [2.45, 2.75) is 70.8 Å². The minimum atomic E-state index is 0.693. The first-order valence-electron chi connectivity index (χ1n) is 8.55. The van der Waals surface area contributed by atoms with E-state index in [1.165, 1.54) is 62.7 Å². The molecule has 2 aromatic rings. The summed E-state index contributed by atoms with van der Waals surface area (Å²) in [6, 6.07) is 6.15. The molecule has 1 aromatic carbocycles. The summed E-state index contributed by atoms with van der Waals surface area (Å²) in [5.74, 6) is 1.99. The number of hydrogen-bond donors (Lipinski definition) is 1. The lowest BCUT2D eigenvalue weighted by molar-refractivity contribution is 0.553. The van der Waals surface area contributed by atoms with Gasteiger partial charge < -0.3 is 10.3 Å². The molecule has 1 aliphatic rings. The third-order valence-corrected chi connectivity index (χ3v) is 4.48. The van der Waals surface area contributed by atoms with E-state index < -0.39 is 0 Å². The van der Waals surface area contributed by atoms with E-state index >= 15 is 0 Å². The SMILES string of the molecule is CCCCCCCCn1c(C2CC2)nc2cc(N)ccc21. The van der Waals surface area contributed by atoms with Gasteiger partial charge in [-0.05, 0) is 37.5 Å². The molecule has 0 atom stereocenters. The lowest BCUT2D eigenvalue weighted by Crippen LogP contribution is -2.03. The van der Waals surface area contributed by atoms with E-state index in [2.05, 4.69) is 17.6 Å². The van der Waals surface area contributed by atoms with Crippen LogP contribution in [0.4, 0.5) is 5.69 Å². The van der Waals surface area contributed by atoms with Gasteiger partial charge in [-0.2, -0.15) is 0 Å². The molecule has 3 heteroatoms. The Kier molecular flexibility index (Phi) is 4.47. The summed E-state index contributed by atoms with van der Waals surface area (Å²) in [5.41, 5.74) is 9.04. The van der Waals surface area contributed by atoms with Crippen LogP contribution in [-0.2, 0) is 6.54 Å². The first kappa shape index (κ1) is 14.4. The molecule has 0 saturated heterocycles. The zero-order chi connectivity index (χ0) is 14.7. The number of unbranched alkanes of at least 4 members (excludes halogenated alkanes) is 5. The monoisotopic (exact) mass is 285 g/mol. The Bertz CT molecular complexity index is 596. The number of imidazole rings is 1. The van der Waals surface area contributed by atoms with Crippen molar-refractivity contribution in [2.75, 3.05) is 5.73 Å². The van der Waals surface area contributed by atoms with Crippen molar-refractivity contribution < 1.29 is 0 Å². The van der Waals surface area contributed by atoms with Crippen LogP contribution in [-0.4, -0.2) is 9.55 Å². The fraction of sp³-hybridized carbons (Fsp3) is 0.611. The minimum absolute atomic E-state index is 0.693. The van der Waals surface area contributed by atoms with Gasteiger partial charge in [-0.1, -0.05) is 39.0 Å². The molecule has 1 aromatic heterocycles. The molecule has 0 amide bonds. The zero-order valence-electron chi connectivity index (χ0n) is 13.1. The van der Waals surface area contributed by atoms with E-state index in [0.717, 1.165) is 17.7 Å². The Morgan fingerprint density at radius 3 is 2.67 bits per heavy atom. The number of rotatable bonds is 8. The highest BCUT2D eigenvalue weighted by molar-refractivity contribution is 5.79. The van der Waals surface area contributed by atoms with E-state index in [9.17, 15) is 0 Å². The number of aromatic nitrogens is 2. The highest BCUT2D eigenvalue weighted by Crippen LogP contribution is 2.41. The maximum absolute atomic E-state index is 5.89. The molecular formula is C18H27N3. The number of anilines is 1. The number of nitrogen functional groups attached to an aromatic ring is 1. The predicted molar refractivity (Wildman–Crippen MR) is 89.5 cm³/mol. The molecule has 0 aliphatic heterocycles. The molecule has 0 radical (unpaired) electrons. The summed E-state index contributed by atoms with van der Waals surface area (Å²) in [6.07, 6.45) is 10.6. The number of benzene rings is 1. The standard InChI is InChI=1S/C18H27N3/c1-2-3-4-5-6-7-12-21-17-11-10-15(19)13-16(17)20-18(21)14-8-9-14/h10-11,13-14H,2-9,12,19H2,1H3. The third-order valence-electron chi connectivity index (χ3n) is 4.48. The molecule has 1 heterocycles. The van der Waals surface area contributed by atoms with Crippen LogP contribution >= 0.6 is 0 Å². The van der Waals surface area contributed by atoms with Crippen molar-refractivity contribution in [3.8, 4) is 0 Å². The topological polar surface area (TPSA) is 43.8 Å². The highest BCUT2D eigenvalue weighted by atomic mass is 15.1. The van der Waals surface area contributed by atoms with Gasteiger partial charge in [0.25, 0.3) is 0 Å². The average molecular weight is 285 g/mol. The van der Waals surface area contributed by atoms with E-state index in [1.54, 1.807) is 0 Å². The molecule has 3 rings (SSSR count). The first-order chi connectivity index (χ1) is 10.3. The summed E-state index contributed by atoms with van der Waals surface area (Å²) < 4.78 is 2.45. The Hall–Kier alpha value is -1.51. The van der Waals surface area contributed by atoms with E-state index in [4.69, 9.17) is 10.7 Å². The minimum Gasteiger partial charge on any atom is -0.399 e. The fourth-order valence-corrected chi connectivity index (χ4v) is 3.10. The quantitative estimate of drug-likeness (QED) is 0.556. The van der Waals surface area contributed by atoms with Crippen LogP contribution in [0, 0.1) is 0 Å². The third kappa shape index (κ3) is 3.39. The lowest BCUT2D eigenvalue weighted by atomic mass is 10.1. The Labute approximate surface area is 127 Å². The predicted octanol–water partition coefficient (Wildman–Crippen LogP) is 4.86. The smallest absolute Gasteiger partial charge is 0.112 e. The van der Waals surface area contributed by atoms with Gasteiger partial charge in [0.1, 0.15) is 5.82 Å². The van der Waals surface area contributed by atoms with Crippen LogP contribution in [0.15, 0.2) is 18.2 Å². The fourth-order valence-electron chi connectivity index (χ4n) is 3.10. The van der Waals surface area contributed by atoms with Gasteiger partial charge in [0.15, 0.2) is 0 Å². The van der Waals surface area contributed by atoms with Crippen LogP contribution in [0.1, 0.15) is 70.0 Å². The highest BCUT2D eigenvalue weighted by Gasteiger charge is 2.29. The Morgan fingerprint density at radius 1 is 1.14 bits per heavy atom. The van der Waals surface area contributed by atoms with Crippen molar-refractivity contribution in [1.82, 2.24) is 9.55 Å². The first-order valence-corrected chi connectivity index (χ1v) is 8.55. The second kappa shape index (κ2) is 6.50. The molecule has 114 valence electrons. The van der Waals surface area contributed by atoms with Gasteiger partial charge in [0.2, 0.25) is 0 Å². The van der Waals surface area contributed by atoms with Gasteiger partial charge >= 0.3 is 0 Å². The van der Waals surface area contributed by atoms with Crippen LogP contribution in [0.3, 0.4) is 0 Å². The van der Waals surface area contributed by atoms with E-state index in [0.29, 0.717) is 5.92 Å².